The van der Waals surface area contributed by atoms with E-state index in [0.717, 1.165) is 19.5 Å². The molecular formula is C10H18N2. The van der Waals surface area contributed by atoms with Gasteiger partial charge in [-0.2, -0.15) is 5.26 Å². The first-order chi connectivity index (χ1) is 5.60. The molecule has 2 nitrogen and oxygen atoms in total. The van der Waals surface area contributed by atoms with Crippen LogP contribution in [0.2, 0.25) is 0 Å². The highest BCUT2D eigenvalue weighted by Gasteiger charge is 2.04. The van der Waals surface area contributed by atoms with Crippen LogP contribution < -0.4 is 0 Å². The highest BCUT2D eigenvalue weighted by molar-refractivity contribution is 4.96. The second kappa shape index (κ2) is 5.79. The Morgan fingerprint density at radius 2 is 2.25 bits per heavy atom. The second-order valence-electron chi connectivity index (χ2n) is 3.33. The summed E-state index contributed by atoms with van der Waals surface area (Å²) < 4.78 is 0. The third kappa shape index (κ3) is 4.92. The van der Waals surface area contributed by atoms with Crippen LogP contribution in [0.15, 0.2) is 12.2 Å². The zero-order valence-corrected chi connectivity index (χ0v) is 8.30. The monoisotopic (exact) mass is 166 g/mol. The molecule has 0 saturated carbocycles. The number of hydrogen-bond acceptors (Lipinski definition) is 2. The normalized spacial score (nSPS) is 12.6. The molecule has 0 N–H and O–H groups in total. The maximum absolute atomic E-state index is 8.58. The molecule has 1 unspecified atom stereocenters. The van der Waals surface area contributed by atoms with E-state index in [9.17, 15) is 0 Å². The Balaban J connectivity index is 3.67. The van der Waals surface area contributed by atoms with E-state index in [-0.39, 0.29) is 5.92 Å². The zero-order valence-electron chi connectivity index (χ0n) is 8.30. The smallest absolute Gasteiger partial charge is 0.0666 e. The molecule has 0 heterocycles. The summed E-state index contributed by atoms with van der Waals surface area (Å²) in [6.45, 7) is 9.69. The van der Waals surface area contributed by atoms with Gasteiger partial charge in [0, 0.05) is 13.1 Å². The minimum absolute atomic E-state index is 0.111. The Hall–Kier alpha value is -0.810. The van der Waals surface area contributed by atoms with Crippen LogP contribution in [-0.4, -0.2) is 25.0 Å². The summed E-state index contributed by atoms with van der Waals surface area (Å²) >= 11 is 0. The van der Waals surface area contributed by atoms with E-state index in [0.29, 0.717) is 0 Å². The summed E-state index contributed by atoms with van der Waals surface area (Å²) in [6, 6.07) is 2.22. The van der Waals surface area contributed by atoms with Crippen LogP contribution in [-0.2, 0) is 0 Å². The first kappa shape index (κ1) is 11.2. The van der Waals surface area contributed by atoms with Gasteiger partial charge in [0.15, 0.2) is 0 Å². The van der Waals surface area contributed by atoms with Crippen molar-refractivity contribution in [3.05, 3.63) is 12.2 Å². The summed E-state index contributed by atoms with van der Waals surface area (Å²) in [5, 5.41) is 8.58. The van der Waals surface area contributed by atoms with Gasteiger partial charge < -0.3 is 4.90 Å². The number of likely N-dealkylation sites (N-methyl/N-ethyl adjacent to an activating group) is 1. The molecule has 0 radical (unpaired) electrons. The fourth-order valence-corrected chi connectivity index (χ4v) is 1.07. The second-order valence-corrected chi connectivity index (χ2v) is 3.33. The summed E-state index contributed by atoms with van der Waals surface area (Å²) in [6.07, 6.45) is 1.02. The van der Waals surface area contributed by atoms with E-state index in [1.165, 1.54) is 5.57 Å². The van der Waals surface area contributed by atoms with Crippen molar-refractivity contribution in [3.63, 3.8) is 0 Å². The molecule has 0 fully saturated rings. The van der Waals surface area contributed by atoms with Gasteiger partial charge in [0.1, 0.15) is 0 Å². The predicted octanol–water partition coefficient (Wildman–Crippen LogP) is 2.04. The van der Waals surface area contributed by atoms with Crippen molar-refractivity contribution in [2.45, 2.75) is 20.3 Å². The van der Waals surface area contributed by atoms with E-state index in [4.69, 9.17) is 5.26 Å². The lowest BCUT2D eigenvalue weighted by Crippen LogP contribution is -2.25. The van der Waals surface area contributed by atoms with Crippen molar-refractivity contribution >= 4 is 0 Å². The van der Waals surface area contributed by atoms with Gasteiger partial charge in [0.05, 0.1) is 12.0 Å². The molecule has 1 atom stereocenters. The molecule has 0 saturated heterocycles. The van der Waals surface area contributed by atoms with Crippen LogP contribution in [0.5, 0.6) is 0 Å². The molecule has 0 bridgehead atoms. The van der Waals surface area contributed by atoms with Crippen molar-refractivity contribution < 1.29 is 0 Å². The van der Waals surface area contributed by atoms with E-state index >= 15 is 0 Å². The Morgan fingerprint density at radius 3 is 2.67 bits per heavy atom. The highest BCUT2D eigenvalue weighted by Crippen LogP contribution is 2.02. The fraction of sp³-hybridized carbons (Fsp3) is 0.700. The van der Waals surface area contributed by atoms with Gasteiger partial charge in [-0.25, -0.2) is 0 Å². The Kier molecular flexibility index (Phi) is 5.40. The fourth-order valence-electron chi connectivity index (χ4n) is 1.07. The van der Waals surface area contributed by atoms with Crippen molar-refractivity contribution in [1.29, 1.82) is 5.26 Å². The molecule has 12 heavy (non-hydrogen) atoms. The zero-order chi connectivity index (χ0) is 9.56. The third-order valence-electron chi connectivity index (χ3n) is 1.80. The van der Waals surface area contributed by atoms with Crippen LogP contribution in [0.4, 0.5) is 0 Å². The topological polar surface area (TPSA) is 27.0 Å². The van der Waals surface area contributed by atoms with Crippen molar-refractivity contribution in [3.8, 4) is 6.07 Å². The minimum Gasteiger partial charge on any atom is -0.301 e. The molecule has 0 aliphatic heterocycles. The molecule has 0 rings (SSSR count). The van der Waals surface area contributed by atoms with Crippen LogP contribution >= 0.6 is 0 Å². The van der Waals surface area contributed by atoms with Crippen LogP contribution in [0.25, 0.3) is 0 Å². The summed E-state index contributed by atoms with van der Waals surface area (Å²) in [5.41, 5.74) is 1.22. The van der Waals surface area contributed by atoms with Gasteiger partial charge in [-0.1, -0.05) is 19.1 Å². The highest BCUT2D eigenvalue weighted by atomic mass is 15.1. The Labute approximate surface area is 75.5 Å². The molecule has 0 aliphatic rings. The molecule has 0 amide bonds. The molecule has 0 aromatic heterocycles. The average Bonchev–Trinajstić information content (AvgIpc) is 2.03. The quantitative estimate of drug-likeness (QED) is 0.584. The third-order valence-corrected chi connectivity index (χ3v) is 1.80. The summed E-state index contributed by atoms with van der Waals surface area (Å²) in [7, 11) is 2.02. The number of nitriles is 1. The van der Waals surface area contributed by atoms with E-state index in [1.807, 2.05) is 14.0 Å². The van der Waals surface area contributed by atoms with E-state index < -0.39 is 0 Å². The predicted molar refractivity (Wildman–Crippen MR) is 51.7 cm³/mol. The minimum atomic E-state index is 0.111. The lowest BCUT2D eigenvalue weighted by atomic mass is 10.2. The Morgan fingerprint density at radius 1 is 1.67 bits per heavy atom. The van der Waals surface area contributed by atoms with Gasteiger partial charge in [-0.05, 0) is 20.4 Å². The summed E-state index contributed by atoms with van der Waals surface area (Å²) in [4.78, 5) is 2.14. The van der Waals surface area contributed by atoms with Crippen LogP contribution in [0, 0.1) is 17.2 Å². The molecule has 0 aromatic carbocycles. The molecule has 68 valence electrons. The largest absolute Gasteiger partial charge is 0.301 e. The maximum atomic E-state index is 8.58. The van der Waals surface area contributed by atoms with Gasteiger partial charge in [-0.3, -0.25) is 0 Å². The SMILES string of the molecule is C=C(CC)CN(C)CC(C)C#N. The lowest BCUT2D eigenvalue weighted by molar-refractivity contribution is 0.333. The van der Waals surface area contributed by atoms with Crippen LogP contribution in [0.1, 0.15) is 20.3 Å². The van der Waals surface area contributed by atoms with E-state index in [2.05, 4.69) is 24.5 Å². The molecule has 2 heteroatoms. The van der Waals surface area contributed by atoms with Gasteiger partial charge in [0.25, 0.3) is 0 Å². The number of rotatable bonds is 5. The van der Waals surface area contributed by atoms with Crippen molar-refractivity contribution in [2.75, 3.05) is 20.1 Å². The van der Waals surface area contributed by atoms with Gasteiger partial charge in [0.2, 0.25) is 0 Å². The lowest BCUT2D eigenvalue weighted by Gasteiger charge is -2.18. The average molecular weight is 166 g/mol. The molecular weight excluding hydrogens is 148 g/mol. The first-order valence-corrected chi connectivity index (χ1v) is 4.35. The molecule has 0 aromatic rings. The standard InChI is InChI=1S/C10H18N2/c1-5-9(2)7-12(4)8-10(3)6-11/h10H,2,5,7-8H2,1,3-4H3. The Bertz CT molecular complexity index is 179. The summed E-state index contributed by atoms with van der Waals surface area (Å²) in [5.74, 6) is 0.111. The van der Waals surface area contributed by atoms with Crippen molar-refractivity contribution in [1.82, 2.24) is 4.90 Å². The number of hydrogen-bond donors (Lipinski definition) is 0. The van der Waals surface area contributed by atoms with E-state index in [1.54, 1.807) is 0 Å². The molecule has 0 aliphatic carbocycles. The maximum Gasteiger partial charge on any atom is 0.0666 e. The molecule has 0 spiro atoms. The van der Waals surface area contributed by atoms with Crippen LogP contribution in [0.3, 0.4) is 0 Å². The number of nitrogens with zero attached hydrogens (tertiary/aromatic N) is 2. The first-order valence-electron chi connectivity index (χ1n) is 4.35. The van der Waals surface area contributed by atoms with Crippen molar-refractivity contribution in [2.24, 2.45) is 5.92 Å². The van der Waals surface area contributed by atoms with Gasteiger partial charge in [-0.15, -0.1) is 0 Å². The van der Waals surface area contributed by atoms with Gasteiger partial charge >= 0.3 is 0 Å².